The number of benzene rings is 3. The predicted molar refractivity (Wildman–Crippen MR) is 160 cm³/mol. The molecule has 0 aliphatic heterocycles. The smallest absolute Gasteiger partial charge is 0.305 e. The lowest BCUT2D eigenvalue weighted by atomic mass is 10.0. The van der Waals surface area contributed by atoms with Gasteiger partial charge < -0.3 is 20.5 Å². The summed E-state index contributed by atoms with van der Waals surface area (Å²) >= 11 is 12.2. The number of aliphatic carboxylic acids is 1. The van der Waals surface area contributed by atoms with Gasteiger partial charge in [-0.15, -0.1) is 0 Å². The second-order valence-corrected chi connectivity index (χ2v) is 10.1. The molecule has 0 saturated heterocycles. The molecule has 1 atom stereocenters. The van der Waals surface area contributed by atoms with Crippen LogP contribution >= 0.6 is 23.2 Å². The maximum atomic E-state index is 13.7. The van der Waals surface area contributed by atoms with E-state index in [1.54, 1.807) is 37.4 Å². The molecule has 0 fully saturated rings. The zero-order valence-electron chi connectivity index (χ0n) is 22.0. The van der Waals surface area contributed by atoms with Gasteiger partial charge in [-0.3, -0.25) is 14.0 Å². The van der Waals surface area contributed by atoms with E-state index in [4.69, 9.17) is 32.9 Å². The number of anilines is 1. The van der Waals surface area contributed by atoms with Crippen LogP contribution in [-0.4, -0.2) is 33.5 Å². The van der Waals surface area contributed by atoms with Crippen molar-refractivity contribution in [2.45, 2.75) is 19.0 Å². The van der Waals surface area contributed by atoms with Crippen LogP contribution in [-0.2, 0) is 11.3 Å². The maximum absolute atomic E-state index is 13.7. The fraction of sp³-hybridized carbons (Fsp3) is 0.129. The number of rotatable bonds is 10. The molecule has 5 rings (SSSR count). The van der Waals surface area contributed by atoms with Gasteiger partial charge in [0, 0.05) is 18.3 Å². The number of nitrogens with zero attached hydrogens (tertiary/aromatic N) is 2. The number of aromatic nitrogens is 2. The van der Waals surface area contributed by atoms with E-state index < -0.39 is 17.9 Å². The van der Waals surface area contributed by atoms with Gasteiger partial charge in [0.15, 0.2) is 5.65 Å². The molecule has 0 bridgehead atoms. The summed E-state index contributed by atoms with van der Waals surface area (Å²) in [6, 6.07) is 24.8. The lowest BCUT2D eigenvalue weighted by Gasteiger charge is -2.18. The molecule has 0 radical (unpaired) electrons. The van der Waals surface area contributed by atoms with Crippen LogP contribution in [0.2, 0.25) is 10.0 Å². The number of imidazole rings is 1. The van der Waals surface area contributed by atoms with E-state index in [-0.39, 0.29) is 17.0 Å². The highest BCUT2D eigenvalue weighted by molar-refractivity contribution is 6.42. The van der Waals surface area contributed by atoms with Crippen molar-refractivity contribution >= 4 is 46.5 Å². The quantitative estimate of drug-likeness (QED) is 0.164. The summed E-state index contributed by atoms with van der Waals surface area (Å²) in [5.74, 6) is -0.194. The number of pyridine rings is 1. The molecule has 2 heterocycles. The molecule has 0 aliphatic rings. The number of carboxylic acids is 1. The predicted octanol–water partition coefficient (Wildman–Crippen LogP) is 6.87. The number of halogens is 2. The second-order valence-electron chi connectivity index (χ2n) is 9.29. The monoisotopic (exact) mass is 588 g/mol. The van der Waals surface area contributed by atoms with Gasteiger partial charge in [-0.2, -0.15) is 0 Å². The largest absolute Gasteiger partial charge is 0.497 e. The molecule has 0 spiro atoms. The first-order valence-corrected chi connectivity index (χ1v) is 13.5. The summed E-state index contributed by atoms with van der Waals surface area (Å²) in [7, 11) is 1.60. The summed E-state index contributed by atoms with van der Waals surface area (Å²) in [6.45, 7) is 0.528. The molecule has 41 heavy (non-hydrogen) atoms. The number of amides is 1. The summed E-state index contributed by atoms with van der Waals surface area (Å²) in [5.41, 5.74) is 3.71. The first-order valence-electron chi connectivity index (χ1n) is 12.7. The van der Waals surface area contributed by atoms with Gasteiger partial charge in [-0.05, 0) is 47.5 Å². The summed E-state index contributed by atoms with van der Waals surface area (Å²) in [4.78, 5) is 30.2. The average Bonchev–Trinajstić information content (AvgIpc) is 3.36. The van der Waals surface area contributed by atoms with Crippen LogP contribution in [0.1, 0.15) is 33.9 Å². The molecule has 3 aromatic carbocycles. The highest BCUT2D eigenvalue weighted by Gasteiger charge is 2.24. The lowest BCUT2D eigenvalue weighted by Crippen LogP contribution is -2.30. The van der Waals surface area contributed by atoms with Gasteiger partial charge in [0.2, 0.25) is 0 Å². The Kier molecular flexibility index (Phi) is 8.42. The van der Waals surface area contributed by atoms with E-state index in [1.807, 2.05) is 65.2 Å². The van der Waals surface area contributed by atoms with Crippen molar-refractivity contribution in [2.75, 3.05) is 12.4 Å². The molecule has 5 aromatic rings. The van der Waals surface area contributed by atoms with Crippen LogP contribution < -0.4 is 15.4 Å². The van der Waals surface area contributed by atoms with Crippen molar-refractivity contribution in [1.29, 1.82) is 0 Å². The van der Waals surface area contributed by atoms with Crippen LogP contribution in [0.3, 0.4) is 0 Å². The zero-order valence-corrected chi connectivity index (χ0v) is 23.5. The highest BCUT2D eigenvalue weighted by Crippen LogP contribution is 2.33. The number of ether oxygens (including phenoxy) is 1. The summed E-state index contributed by atoms with van der Waals surface area (Å²) < 4.78 is 7.25. The van der Waals surface area contributed by atoms with Crippen LogP contribution in [0.4, 0.5) is 5.82 Å². The number of carboxylic acid groups (broad SMARTS) is 1. The molecule has 2 aromatic heterocycles. The minimum atomic E-state index is -1.08. The number of methoxy groups -OCH3 is 1. The zero-order chi connectivity index (χ0) is 28.9. The molecule has 208 valence electrons. The van der Waals surface area contributed by atoms with Crippen LogP contribution in [0.25, 0.3) is 16.9 Å². The minimum Gasteiger partial charge on any atom is -0.497 e. The molecule has 10 heteroatoms. The molecule has 0 aliphatic carbocycles. The van der Waals surface area contributed by atoms with Gasteiger partial charge in [0.05, 0.1) is 35.2 Å². The number of hydrogen-bond acceptors (Lipinski definition) is 5. The van der Waals surface area contributed by atoms with Crippen molar-refractivity contribution < 1.29 is 19.4 Å². The van der Waals surface area contributed by atoms with E-state index in [9.17, 15) is 14.7 Å². The molecule has 3 N–H and O–H groups in total. The average molecular weight is 589 g/mol. The Hall–Kier alpha value is -4.53. The Bertz CT molecular complexity index is 1720. The van der Waals surface area contributed by atoms with Gasteiger partial charge >= 0.3 is 5.97 Å². The molecule has 1 amide bonds. The Balaban J connectivity index is 1.56. The van der Waals surface area contributed by atoms with Gasteiger partial charge in [0.25, 0.3) is 5.91 Å². The van der Waals surface area contributed by atoms with E-state index in [0.717, 1.165) is 11.1 Å². The highest BCUT2D eigenvalue weighted by atomic mass is 35.5. The second kappa shape index (κ2) is 12.3. The van der Waals surface area contributed by atoms with Gasteiger partial charge in [-0.25, -0.2) is 4.98 Å². The summed E-state index contributed by atoms with van der Waals surface area (Å²) in [5, 5.41) is 16.5. The first-order chi connectivity index (χ1) is 19.8. The lowest BCUT2D eigenvalue weighted by molar-refractivity contribution is -0.137. The third kappa shape index (κ3) is 6.29. The van der Waals surface area contributed by atoms with Crippen LogP contribution in [0, 0.1) is 0 Å². The fourth-order valence-corrected chi connectivity index (χ4v) is 4.87. The number of nitrogens with one attached hydrogen (secondary N) is 2. The SMILES string of the molecule is COc1cccc(-c2nc3c(C(=O)NC(CC(=O)O)c4ccc(Cl)c(Cl)c4)cccn3c2NCc2ccccc2)c1. The van der Waals surface area contributed by atoms with E-state index in [2.05, 4.69) is 10.6 Å². The van der Waals surface area contributed by atoms with E-state index in [1.165, 1.54) is 0 Å². The number of hydrogen-bond donors (Lipinski definition) is 3. The molecule has 0 saturated carbocycles. The first kappa shape index (κ1) is 28.0. The Morgan fingerprint density at radius 1 is 0.976 bits per heavy atom. The summed E-state index contributed by atoms with van der Waals surface area (Å²) in [6.07, 6.45) is 1.48. The van der Waals surface area contributed by atoms with Gasteiger partial charge in [-0.1, -0.05) is 71.7 Å². The van der Waals surface area contributed by atoms with Crippen molar-refractivity contribution in [3.63, 3.8) is 0 Å². The van der Waals surface area contributed by atoms with Crippen molar-refractivity contribution in [1.82, 2.24) is 14.7 Å². The number of fused-ring (bicyclic) bond motifs is 1. The fourth-order valence-electron chi connectivity index (χ4n) is 4.56. The Labute approximate surface area is 246 Å². The molecule has 8 nitrogen and oxygen atoms in total. The van der Waals surface area contributed by atoms with Gasteiger partial charge in [0.1, 0.15) is 17.3 Å². The normalized spacial score (nSPS) is 11.7. The Morgan fingerprint density at radius 3 is 2.51 bits per heavy atom. The molecular weight excluding hydrogens is 563 g/mol. The maximum Gasteiger partial charge on any atom is 0.305 e. The van der Waals surface area contributed by atoms with Crippen molar-refractivity contribution in [3.8, 4) is 17.0 Å². The molecular formula is C31H26Cl2N4O4. The third-order valence-electron chi connectivity index (χ3n) is 6.57. The van der Waals surface area contributed by atoms with Crippen molar-refractivity contribution in [3.05, 3.63) is 118 Å². The number of carbonyl (C=O) groups is 2. The van der Waals surface area contributed by atoms with E-state index >= 15 is 0 Å². The minimum absolute atomic E-state index is 0.265. The van der Waals surface area contributed by atoms with E-state index in [0.29, 0.717) is 40.0 Å². The van der Waals surface area contributed by atoms with Crippen LogP contribution in [0.15, 0.2) is 91.1 Å². The Morgan fingerprint density at radius 2 is 1.78 bits per heavy atom. The standard InChI is InChI=1S/C31H26Cl2N4O4/c1-41-22-10-5-9-21(15-22)28-30(34-18-19-7-3-2-4-8-19)37-14-6-11-23(29(37)36-28)31(40)35-26(17-27(38)39)20-12-13-24(32)25(33)16-20/h2-16,26,34H,17-18H2,1H3,(H,35,40)(H,38,39). The van der Waals surface area contributed by atoms with Crippen molar-refractivity contribution in [2.24, 2.45) is 0 Å². The number of carbonyl (C=O) groups excluding carboxylic acids is 1. The topological polar surface area (TPSA) is 105 Å². The van der Waals surface area contributed by atoms with Crippen LogP contribution in [0.5, 0.6) is 5.75 Å². The molecule has 1 unspecified atom stereocenters. The third-order valence-corrected chi connectivity index (χ3v) is 7.31.